The van der Waals surface area contributed by atoms with E-state index in [-0.39, 0.29) is 29.0 Å². The molecule has 1 fully saturated rings. The Morgan fingerprint density at radius 2 is 2.04 bits per heavy atom. The van der Waals surface area contributed by atoms with Crippen molar-refractivity contribution in [1.82, 2.24) is 5.32 Å². The van der Waals surface area contributed by atoms with Gasteiger partial charge in [-0.05, 0) is 18.9 Å². The van der Waals surface area contributed by atoms with E-state index in [4.69, 9.17) is 13.9 Å². The van der Waals surface area contributed by atoms with Crippen LogP contribution in [0, 0.1) is 5.92 Å². The maximum atomic E-state index is 12.8. The number of nitrogens with one attached hydrogen (secondary N) is 1. The summed E-state index contributed by atoms with van der Waals surface area (Å²) in [4.78, 5) is 12.8. The highest BCUT2D eigenvalue weighted by Crippen LogP contribution is 2.43. The lowest BCUT2D eigenvalue weighted by atomic mass is 9.80. The van der Waals surface area contributed by atoms with Crippen molar-refractivity contribution in [2.75, 3.05) is 39.7 Å². The van der Waals surface area contributed by atoms with Gasteiger partial charge in [-0.25, -0.2) is 0 Å². The Morgan fingerprint density at radius 1 is 1.30 bits per heavy atom. The second-order valence-electron chi connectivity index (χ2n) is 6.50. The van der Waals surface area contributed by atoms with Gasteiger partial charge in [0.1, 0.15) is 22.5 Å². The number of ether oxygens (including phenoxy) is 2. The number of methoxy groups -OCH3 is 2. The van der Waals surface area contributed by atoms with Crippen LogP contribution >= 0.6 is 0 Å². The van der Waals surface area contributed by atoms with Gasteiger partial charge in [-0.15, -0.1) is 0 Å². The van der Waals surface area contributed by atoms with Crippen molar-refractivity contribution in [3.8, 4) is 11.5 Å². The number of aliphatic hydroxyl groups is 1. The molecule has 1 saturated heterocycles. The Balaban J connectivity index is 2.37. The molecular weight excluding hydrogens is 370 g/mol. The van der Waals surface area contributed by atoms with E-state index in [1.54, 1.807) is 20.1 Å². The molecule has 1 aliphatic rings. The number of benzene rings is 1. The van der Waals surface area contributed by atoms with Crippen LogP contribution in [0.2, 0.25) is 0 Å². The van der Waals surface area contributed by atoms with Crippen molar-refractivity contribution in [1.29, 1.82) is 0 Å². The van der Waals surface area contributed by atoms with Gasteiger partial charge in [-0.3, -0.25) is 9.00 Å². The summed E-state index contributed by atoms with van der Waals surface area (Å²) in [5, 5.41) is 13.6. The summed E-state index contributed by atoms with van der Waals surface area (Å²) in [7, 11) is 1.62. The highest BCUT2D eigenvalue weighted by molar-refractivity contribution is 7.84. The molecule has 0 saturated carbocycles. The molecule has 2 aromatic rings. The zero-order valence-corrected chi connectivity index (χ0v) is 16.6. The molecule has 0 aliphatic carbocycles. The fourth-order valence-electron chi connectivity index (χ4n) is 3.71. The Kier molecular flexibility index (Phi) is 6.18. The summed E-state index contributed by atoms with van der Waals surface area (Å²) < 4.78 is 29.3. The standard InChI is InChI=1S/C19H25NO6S/c1-4-27(23)16-7-13(22)18-15(25-3)8-14(24-2)17(19(18)26-16)12-5-6-20-9-11(12)10-21/h7-8,11-12,20-21H,4-6,9-10H2,1-3H3. The molecule has 7 nitrogen and oxygen atoms in total. The molecule has 27 heavy (non-hydrogen) atoms. The summed E-state index contributed by atoms with van der Waals surface area (Å²) >= 11 is 0. The lowest BCUT2D eigenvalue weighted by Crippen LogP contribution is -2.37. The Hall–Kier alpha value is -1.90. The van der Waals surface area contributed by atoms with Crippen LogP contribution in [0.5, 0.6) is 11.5 Å². The number of hydrogen-bond acceptors (Lipinski definition) is 7. The van der Waals surface area contributed by atoms with E-state index in [2.05, 4.69) is 5.32 Å². The monoisotopic (exact) mass is 395 g/mol. The fourth-order valence-corrected chi connectivity index (χ4v) is 4.41. The number of piperidine rings is 1. The molecule has 0 amide bonds. The van der Waals surface area contributed by atoms with Crippen LogP contribution in [0.1, 0.15) is 24.8 Å². The SMILES string of the molecule is CCS(=O)c1cc(=O)c2c(OC)cc(OC)c(C3CCNCC3CO)c2o1. The van der Waals surface area contributed by atoms with Crippen LogP contribution in [0.3, 0.4) is 0 Å². The predicted molar refractivity (Wildman–Crippen MR) is 103 cm³/mol. The summed E-state index contributed by atoms with van der Waals surface area (Å²) in [5.74, 6) is 1.12. The molecule has 1 aromatic carbocycles. The van der Waals surface area contributed by atoms with E-state index >= 15 is 0 Å². The molecule has 8 heteroatoms. The molecule has 3 atom stereocenters. The third-order valence-corrected chi connectivity index (χ3v) is 6.26. The highest BCUT2D eigenvalue weighted by atomic mass is 32.2. The van der Waals surface area contributed by atoms with Crippen molar-refractivity contribution in [2.45, 2.75) is 24.4 Å². The zero-order chi connectivity index (χ0) is 19.6. The number of fused-ring (bicyclic) bond motifs is 1. The lowest BCUT2D eigenvalue weighted by molar-refractivity contribution is 0.178. The molecule has 0 bridgehead atoms. The zero-order valence-electron chi connectivity index (χ0n) is 15.7. The minimum atomic E-state index is -1.41. The van der Waals surface area contributed by atoms with Crippen LogP contribution in [-0.2, 0) is 10.8 Å². The highest BCUT2D eigenvalue weighted by Gasteiger charge is 2.32. The van der Waals surface area contributed by atoms with Gasteiger partial charge >= 0.3 is 0 Å². The smallest absolute Gasteiger partial charge is 0.197 e. The summed E-state index contributed by atoms with van der Waals surface area (Å²) in [6.07, 6.45) is 0.758. The Labute approximate surface area is 160 Å². The number of aliphatic hydroxyl groups excluding tert-OH is 1. The number of rotatable bonds is 6. The molecule has 3 rings (SSSR count). The van der Waals surface area contributed by atoms with Gasteiger partial charge in [0.05, 0.1) is 25.0 Å². The maximum Gasteiger partial charge on any atom is 0.197 e. The molecule has 1 aromatic heterocycles. The first-order chi connectivity index (χ1) is 13.0. The minimum absolute atomic E-state index is 0.000836. The third kappa shape index (κ3) is 3.61. The topological polar surface area (TPSA) is 98.0 Å². The van der Waals surface area contributed by atoms with Gasteiger partial charge in [0.15, 0.2) is 10.5 Å². The molecule has 148 valence electrons. The van der Waals surface area contributed by atoms with Gasteiger partial charge < -0.3 is 24.3 Å². The van der Waals surface area contributed by atoms with Gasteiger partial charge in [0, 0.05) is 42.5 Å². The van der Waals surface area contributed by atoms with E-state index in [1.807, 2.05) is 0 Å². The van der Waals surface area contributed by atoms with Crippen LogP contribution in [0.25, 0.3) is 11.0 Å². The lowest BCUT2D eigenvalue weighted by Gasteiger charge is -2.32. The molecule has 1 aliphatic heterocycles. The van der Waals surface area contributed by atoms with Crippen molar-refractivity contribution in [3.05, 3.63) is 27.9 Å². The first kappa shape index (κ1) is 19.9. The summed E-state index contributed by atoms with van der Waals surface area (Å²) in [5.41, 5.74) is 0.755. The Morgan fingerprint density at radius 3 is 2.67 bits per heavy atom. The second-order valence-corrected chi connectivity index (χ2v) is 8.18. The van der Waals surface area contributed by atoms with Gasteiger partial charge in [0.2, 0.25) is 0 Å². The van der Waals surface area contributed by atoms with E-state index in [0.717, 1.165) is 18.5 Å². The van der Waals surface area contributed by atoms with E-state index in [1.165, 1.54) is 13.2 Å². The van der Waals surface area contributed by atoms with Crippen molar-refractivity contribution in [2.24, 2.45) is 5.92 Å². The summed E-state index contributed by atoms with van der Waals surface area (Å²) in [6, 6.07) is 2.95. The van der Waals surface area contributed by atoms with E-state index in [9.17, 15) is 14.1 Å². The summed E-state index contributed by atoms with van der Waals surface area (Å²) in [6.45, 7) is 3.20. The van der Waals surface area contributed by atoms with Crippen molar-refractivity contribution < 1.29 is 23.2 Å². The van der Waals surface area contributed by atoms with Crippen LogP contribution < -0.4 is 20.2 Å². The molecule has 0 spiro atoms. The average Bonchev–Trinajstić information content (AvgIpc) is 2.71. The third-order valence-electron chi connectivity index (χ3n) is 5.08. The normalized spacial score (nSPS) is 21.2. The molecule has 0 radical (unpaired) electrons. The first-order valence-corrected chi connectivity index (χ1v) is 10.3. The van der Waals surface area contributed by atoms with Crippen LogP contribution in [0.15, 0.2) is 26.4 Å². The van der Waals surface area contributed by atoms with Crippen molar-refractivity contribution >= 4 is 21.8 Å². The number of hydrogen-bond donors (Lipinski definition) is 2. The Bertz CT molecular complexity index is 909. The quantitative estimate of drug-likeness (QED) is 0.767. The largest absolute Gasteiger partial charge is 0.496 e. The predicted octanol–water partition coefficient (Wildman–Crippen LogP) is 1.62. The molecular formula is C19H25NO6S. The van der Waals surface area contributed by atoms with E-state index in [0.29, 0.717) is 34.8 Å². The van der Waals surface area contributed by atoms with Crippen LogP contribution in [-0.4, -0.2) is 49.0 Å². The fraction of sp³-hybridized carbons (Fsp3) is 0.526. The second kappa shape index (κ2) is 8.41. The van der Waals surface area contributed by atoms with Gasteiger partial charge in [0.25, 0.3) is 0 Å². The molecule has 2 N–H and O–H groups in total. The van der Waals surface area contributed by atoms with E-state index < -0.39 is 10.8 Å². The first-order valence-electron chi connectivity index (χ1n) is 8.98. The maximum absolute atomic E-state index is 12.8. The van der Waals surface area contributed by atoms with Gasteiger partial charge in [-0.1, -0.05) is 6.92 Å². The molecule has 3 unspecified atom stereocenters. The van der Waals surface area contributed by atoms with Crippen molar-refractivity contribution in [3.63, 3.8) is 0 Å². The van der Waals surface area contributed by atoms with Crippen LogP contribution in [0.4, 0.5) is 0 Å². The van der Waals surface area contributed by atoms with Gasteiger partial charge in [-0.2, -0.15) is 0 Å². The molecule has 2 heterocycles. The minimum Gasteiger partial charge on any atom is -0.496 e. The average molecular weight is 395 g/mol.